The fourth-order valence-electron chi connectivity index (χ4n) is 8.80. The molecule has 70 heavy (non-hydrogen) atoms. The molecule has 11 unspecified atom stereocenters. The Labute approximate surface area is 422 Å². The summed E-state index contributed by atoms with van der Waals surface area (Å²) in [7, 11) is 0. The smallest absolute Gasteiger partial charge is 0.306 e. The summed E-state index contributed by atoms with van der Waals surface area (Å²) in [6.45, 7) is 2.59. The lowest BCUT2D eigenvalue weighted by Gasteiger charge is -2.42. The van der Waals surface area contributed by atoms with Crippen LogP contribution in [0, 0.1) is 0 Å². The summed E-state index contributed by atoms with van der Waals surface area (Å²) in [5.41, 5.74) is 0. The summed E-state index contributed by atoms with van der Waals surface area (Å²) in [4.78, 5) is 25.8. The maximum absolute atomic E-state index is 13.0. The van der Waals surface area contributed by atoms with Gasteiger partial charge in [-0.1, -0.05) is 167 Å². The Morgan fingerprint density at radius 2 is 0.814 bits per heavy atom. The van der Waals surface area contributed by atoms with Crippen molar-refractivity contribution in [2.24, 2.45) is 0 Å². The molecular formula is C55H100O15. The molecule has 11 atom stereocenters. The molecular weight excluding hydrogens is 901 g/mol. The third-order valence-electron chi connectivity index (χ3n) is 13.4. The summed E-state index contributed by atoms with van der Waals surface area (Å²) >= 11 is 0. The van der Waals surface area contributed by atoms with Crippen molar-refractivity contribution in [3.8, 4) is 0 Å². The van der Waals surface area contributed by atoms with Crippen LogP contribution in [0.25, 0.3) is 0 Å². The van der Waals surface area contributed by atoms with Crippen LogP contribution in [0.5, 0.6) is 0 Å². The highest BCUT2D eigenvalue weighted by molar-refractivity contribution is 5.70. The van der Waals surface area contributed by atoms with Crippen LogP contribution in [0.2, 0.25) is 0 Å². The number of rotatable bonds is 44. The molecule has 0 aromatic heterocycles. The molecule has 2 heterocycles. The van der Waals surface area contributed by atoms with E-state index in [1.54, 1.807) is 0 Å². The third-order valence-corrected chi connectivity index (χ3v) is 13.4. The fourth-order valence-corrected chi connectivity index (χ4v) is 8.80. The van der Waals surface area contributed by atoms with Crippen LogP contribution in [0.4, 0.5) is 0 Å². The first-order chi connectivity index (χ1) is 34.0. The lowest BCUT2D eigenvalue weighted by molar-refractivity contribution is -0.332. The summed E-state index contributed by atoms with van der Waals surface area (Å²) < 4.78 is 33.6. The van der Waals surface area contributed by atoms with Crippen LogP contribution in [-0.2, 0) is 38.0 Å². The largest absolute Gasteiger partial charge is 0.462 e. The van der Waals surface area contributed by atoms with E-state index in [1.165, 1.54) is 116 Å². The number of unbranched alkanes of at least 4 members (excludes halogenated alkanes) is 26. The first-order valence-corrected chi connectivity index (χ1v) is 27.9. The van der Waals surface area contributed by atoms with Crippen molar-refractivity contribution < 1.29 is 73.8 Å². The second-order valence-corrected chi connectivity index (χ2v) is 19.8. The molecule has 2 saturated heterocycles. The maximum Gasteiger partial charge on any atom is 0.306 e. The van der Waals surface area contributed by atoms with Gasteiger partial charge in [0.1, 0.15) is 55.4 Å². The molecule has 0 amide bonds. The van der Waals surface area contributed by atoms with E-state index in [9.17, 15) is 45.3 Å². The van der Waals surface area contributed by atoms with E-state index in [0.717, 1.165) is 64.2 Å². The predicted octanol–water partition coefficient (Wildman–Crippen LogP) is 8.72. The topological polar surface area (TPSA) is 231 Å². The van der Waals surface area contributed by atoms with Gasteiger partial charge in [-0.25, -0.2) is 0 Å². The van der Waals surface area contributed by atoms with Crippen LogP contribution in [0.1, 0.15) is 219 Å². The second kappa shape index (κ2) is 42.3. The van der Waals surface area contributed by atoms with Gasteiger partial charge in [0.25, 0.3) is 0 Å². The molecule has 15 nitrogen and oxygen atoms in total. The normalized spacial score (nSPS) is 25.5. The van der Waals surface area contributed by atoms with Gasteiger partial charge in [0.2, 0.25) is 0 Å². The molecule has 0 saturated carbocycles. The highest BCUT2D eigenvalue weighted by Crippen LogP contribution is 2.27. The molecule has 0 radical (unpaired) electrons. The molecule has 0 aliphatic carbocycles. The molecule has 0 aromatic carbocycles. The molecule has 2 aliphatic heterocycles. The maximum atomic E-state index is 13.0. The van der Waals surface area contributed by atoms with Crippen molar-refractivity contribution in [3.63, 3.8) is 0 Å². The van der Waals surface area contributed by atoms with Crippen molar-refractivity contribution in [2.45, 2.75) is 287 Å². The van der Waals surface area contributed by atoms with Gasteiger partial charge in [0.15, 0.2) is 18.7 Å². The van der Waals surface area contributed by atoms with E-state index < -0.39 is 92.7 Å². The number of aliphatic hydroxyl groups is 7. The van der Waals surface area contributed by atoms with E-state index in [1.807, 2.05) is 0 Å². The summed E-state index contributed by atoms with van der Waals surface area (Å²) in [6, 6.07) is 0. The van der Waals surface area contributed by atoms with Gasteiger partial charge in [-0.15, -0.1) is 0 Å². The van der Waals surface area contributed by atoms with E-state index in [2.05, 4.69) is 38.2 Å². The number of hydrogen-bond donors (Lipinski definition) is 7. The molecule has 410 valence electrons. The summed E-state index contributed by atoms with van der Waals surface area (Å²) in [5, 5.41) is 72.2. The van der Waals surface area contributed by atoms with Crippen molar-refractivity contribution in [1.82, 2.24) is 0 Å². The van der Waals surface area contributed by atoms with Crippen molar-refractivity contribution in [1.29, 1.82) is 0 Å². The number of carbonyl (C=O) groups is 2. The number of esters is 2. The molecule has 2 fully saturated rings. The zero-order chi connectivity index (χ0) is 51.0. The molecule has 0 aromatic rings. The minimum Gasteiger partial charge on any atom is -0.462 e. The average molecular weight is 1000 g/mol. The fraction of sp³-hybridized carbons (Fsp3) is 0.891. The Morgan fingerprint density at radius 3 is 1.27 bits per heavy atom. The van der Waals surface area contributed by atoms with E-state index in [-0.39, 0.29) is 26.1 Å². The zero-order valence-electron chi connectivity index (χ0n) is 43.5. The van der Waals surface area contributed by atoms with Gasteiger partial charge in [0.05, 0.1) is 19.8 Å². The summed E-state index contributed by atoms with van der Waals surface area (Å²) in [6.07, 6.45) is 27.7. The molecule has 0 bridgehead atoms. The van der Waals surface area contributed by atoms with Crippen LogP contribution < -0.4 is 0 Å². The Morgan fingerprint density at radius 1 is 0.443 bits per heavy atom. The van der Waals surface area contributed by atoms with Crippen LogP contribution >= 0.6 is 0 Å². The highest BCUT2D eigenvalue weighted by Gasteiger charge is 2.47. The highest BCUT2D eigenvalue weighted by atomic mass is 16.7. The Balaban J connectivity index is 1.76. The zero-order valence-corrected chi connectivity index (χ0v) is 43.5. The van der Waals surface area contributed by atoms with Crippen LogP contribution in [-0.4, -0.2) is 142 Å². The predicted molar refractivity (Wildman–Crippen MR) is 271 cm³/mol. The standard InChI is InChI=1S/C55H100O15/c1-3-5-7-9-11-13-15-17-18-19-20-21-22-23-24-26-28-30-32-34-36-38-47(58)68-43(40-65-46(57)37-35-33-31-29-27-25-16-14-12-10-8-6-4-2)41-66-54-53(64)51(62)49(60)45(70-54)42-67-55-52(63)50(61)48(59)44(39-56)69-55/h14,16,19-20,43-45,48-56,59-64H,3-13,15,17-18,21-42H2,1-2H3/b16-14-,20-19-. The minimum atomic E-state index is -1.76. The average Bonchev–Trinajstić information content (AvgIpc) is 3.35. The molecule has 0 spiro atoms. The lowest BCUT2D eigenvalue weighted by atomic mass is 9.98. The molecule has 15 heteroatoms. The first kappa shape index (κ1) is 64.1. The van der Waals surface area contributed by atoms with Gasteiger partial charge >= 0.3 is 11.9 Å². The van der Waals surface area contributed by atoms with Crippen molar-refractivity contribution in [3.05, 3.63) is 24.3 Å². The quantitative estimate of drug-likeness (QED) is 0.0172. The number of carbonyl (C=O) groups excluding carboxylic acids is 2. The number of aliphatic hydroxyl groups excluding tert-OH is 7. The van der Waals surface area contributed by atoms with Gasteiger partial charge < -0.3 is 64.2 Å². The SMILES string of the molecule is CCCCCC/C=C\CCCCCCCC(=O)OCC(COC1OC(COC2OC(CO)C(O)C(O)C2O)C(O)C(O)C1O)OC(=O)CCCCCCCCCCC/C=C\CCCCCCCCCC. The van der Waals surface area contributed by atoms with Crippen LogP contribution in [0.3, 0.4) is 0 Å². The molecule has 7 N–H and O–H groups in total. The Kier molecular flexibility index (Phi) is 38.8. The lowest BCUT2D eigenvalue weighted by Crippen LogP contribution is -2.61. The minimum absolute atomic E-state index is 0.163. The Hall–Kier alpha value is -2.02. The number of hydrogen-bond acceptors (Lipinski definition) is 15. The summed E-state index contributed by atoms with van der Waals surface area (Å²) in [5.74, 6) is -0.930. The number of allylic oxidation sites excluding steroid dienone is 4. The molecule has 2 aliphatic rings. The van der Waals surface area contributed by atoms with Gasteiger partial charge in [-0.05, 0) is 64.2 Å². The number of ether oxygens (including phenoxy) is 6. The first-order valence-electron chi connectivity index (χ1n) is 27.9. The van der Waals surface area contributed by atoms with E-state index >= 15 is 0 Å². The second-order valence-electron chi connectivity index (χ2n) is 19.8. The molecule has 2 rings (SSSR count). The van der Waals surface area contributed by atoms with Crippen LogP contribution in [0.15, 0.2) is 24.3 Å². The third kappa shape index (κ3) is 29.6. The Bertz CT molecular complexity index is 1310. The van der Waals surface area contributed by atoms with Gasteiger partial charge in [-0.3, -0.25) is 9.59 Å². The van der Waals surface area contributed by atoms with Crippen molar-refractivity contribution >= 4 is 11.9 Å². The van der Waals surface area contributed by atoms with Gasteiger partial charge in [0, 0.05) is 12.8 Å². The van der Waals surface area contributed by atoms with E-state index in [4.69, 9.17) is 28.4 Å². The van der Waals surface area contributed by atoms with Crippen molar-refractivity contribution in [2.75, 3.05) is 26.4 Å². The monoisotopic (exact) mass is 1000 g/mol. The van der Waals surface area contributed by atoms with Gasteiger partial charge in [-0.2, -0.15) is 0 Å². The van der Waals surface area contributed by atoms with E-state index in [0.29, 0.717) is 12.8 Å².